The van der Waals surface area contributed by atoms with E-state index < -0.39 is 0 Å². The van der Waals surface area contributed by atoms with Gasteiger partial charge in [-0.2, -0.15) is 5.10 Å². The van der Waals surface area contributed by atoms with Crippen molar-refractivity contribution in [1.82, 2.24) is 29.8 Å². The van der Waals surface area contributed by atoms with E-state index in [4.69, 9.17) is 4.52 Å². The van der Waals surface area contributed by atoms with E-state index in [9.17, 15) is 0 Å². The summed E-state index contributed by atoms with van der Waals surface area (Å²) in [6, 6.07) is 5.94. The second kappa shape index (κ2) is 6.21. The summed E-state index contributed by atoms with van der Waals surface area (Å²) in [5.74, 6) is 4.08. The Kier molecular flexibility index (Phi) is 3.70. The van der Waals surface area contributed by atoms with E-state index in [0.29, 0.717) is 11.8 Å². The predicted molar refractivity (Wildman–Crippen MR) is 94.9 cm³/mol. The minimum absolute atomic E-state index is 0.669. The highest BCUT2D eigenvalue weighted by atomic mass is 16.5. The van der Waals surface area contributed by atoms with Crippen molar-refractivity contribution in [3.05, 3.63) is 48.4 Å². The SMILES string of the molecule is Cc1cc(CN2CC3CN(c4cc(-n5cccn5)ncn4)CC3C2)on1. The maximum atomic E-state index is 5.36. The third-order valence-corrected chi connectivity index (χ3v) is 5.32. The molecule has 8 nitrogen and oxygen atoms in total. The Bertz CT molecular complexity index is 877. The minimum Gasteiger partial charge on any atom is -0.360 e. The number of likely N-dealkylation sites (tertiary alicyclic amines) is 1. The average Bonchev–Trinajstić information content (AvgIpc) is 3.39. The number of aromatic nitrogens is 5. The van der Waals surface area contributed by atoms with Crippen LogP contribution >= 0.6 is 0 Å². The Morgan fingerprint density at radius 1 is 1.08 bits per heavy atom. The smallest absolute Gasteiger partial charge is 0.158 e. The number of hydrogen-bond donors (Lipinski definition) is 0. The van der Waals surface area contributed by atoms with Gasteiger partial charge in [-0.05, 0) is 24.8 Å². The van der Waals surface area contributed by atoms with E-state index in [1.807, 2.05) is 31.3 Å². The van der Waals surface area contributed by atoms with Crippen molar-refractivity contribution >= 4 is 5.82 Å². The summed E-state index contributed by atoms with van der Waals surface area (Å²) in [4.78, 5) is 13.7. The minimum atomic E-state index is 0.669. The van der Waals surface area contributed by atoms with Crippen molar-refractivity contribution in [1.29, 1.82) is 0 Å². The van der Waals surface area contributed by atoms with E-state index in [1.165, 1.54) is 0 Å². The molecular weight excluding hydrogens is 330 g/mol. The van der Waals surface area contributed by atoms with Crippen molar-refractivity contribution in [3.63, 3.8) is 0 Å². The molecule has 2 unspecified atom stereocenters. The molecule has 26 heavy (non-hydrogen) atoms. The van der Waals surface area contributed by atoms with Crippen LogP contribution in [0.15, 0.2) is 41.4 Å². The molecule has 5 heterocycles. The summed E-state index contributed by atoms with van der Waals surface area (Å²) in [7, 11) is 0. The van der Waals surface area contributed by atoms with E-state index in [2.05, 4.69) is 30.0 Å². The number of anilines is 1. The monoisotopic (exact) mass is 351 g/mol. The Labute approximate surface area is 151 Å². The predicted octanol–water partition coefficient (Wildman–Crippen LogP) is 1.53. The molecule has 2 aliphatic rings. The highest BCUT2D eigenvalue weighted by Gasteiger charge is 2.40. The summed E-state index contributed by atoms with van der Waals surface area (Å²) in [6.07, 6.45) is 5.28. The van der Waals surface area contributed by atoms with E-state index in [0.717, 1.165) is 55.8 Å². The van der Waals surface area contributed by atoms with Gasteiger partial charge in [0.05, 0.1) is 12.2 Å². The molecule has 0 bridgehead atoms. The summed E-state index contributed by atoms with van der Waals surface area (Å²) in [5, 5.41) is 8.23. The first-order valence-electron chi connectivity index (χ1n) is 8.96. The maximum absolute atomic E-state index is 5.36. The number of hydrogen-bond acceptors (Lipinski definition) is 7. The molecule has 134 valence electrons. The third-order valence-electron chi connectivity index (χ3n) is 5.32. The zero-order valence-corrected chi connectivity index (χ0v) is 14.7. The third kappa shape index (κ3) is 2.86. The highest BCUT2D eigenvalue weighted by Crippen LogP contribution is 2.34. The lowest BCUT2D eigenvalue weighted by molar-refractivity contribution is 0.260. The fourth-order valence-corrected chi connectivity index (χ4v) is 4.16. The molecule has 0 saturated carbocycles. The van der Waals surface area contributed by atoms with Gasteiger partial charge in [0, 0.05) is 50.7 Å². The molecule has 2 atom stereocenters. The van der Waals surface area contributed by atoms with Gasteiger partial charge in [0.2, 0.25) is 0 Å². The normalized spacial score (nSPS) is 22.9. The lowest BCUT2D eigenvalue weighted by Crippen LogP contribution is -2.29. The Morgan fingerprint density at radius 3 is 2.58 bits per heavy atom. The van der Waals surface area contributed by atoms with Crippen LogP contribution in [0.2, 0.25) is 0 Å². The van der Waals surface area contributed by atoms with Gasteiger partial charge >= 0.3 is 0 Å². The van der Waals surface area contributed by atoms with Crippen LogP contribution in [0.5, 0.6) is 0 Å². The second-order valence-electron chi connectivity index (χ2n) is 7.24. The molecule has 0 aromatic carbocycles. The molecule has 2 fully saturated rings. The molecule has 0 spiro atoms. The molecular formula is C18H21N7O. The Morgan fingerprint density at radius 2 is 1.88 bits per heavy atom. The Hall–Kier alpha value is -2.74. The quantitative estimate of drug-likeness (QED) is 0.705. The zero-order valence-electron chi connectivity index (χ0n) is 14.7. The molecule has 3 aromatic rings. The number of rotatable bonds is 4. The molecule has 2 saturated heterocycles. The second-order valence-corrected chi connectivity index (χ2v) is 7.24. The van der Waals surface area contributed by atoms with Crippen molar-refractivity contribution in [2.45, 2.75) is 13.5 Å². The highest BCUT2D eigenvalue weighted by molar-refractivity contribution is 5.44. The standard InChI is InChI=1S/C18H21N7O/c1-13-5-16(26-22-13)11-23-7-14-9-24(10-15(14)8-23)17-6-18(20-12-19-17)25-4-2-3-21-25/h2-6,12,14-15H,7-11H2,1H3. The molecule has 3 aromatic heterocycles. The fraction of sp³-hybridized carbons (Fsp3) is 0.444. The van der Waals surface area contributed by atoms with Crippen molar-refractivity contribution < 1.29 is 4.52 Å². The maximum Gasteiger partial charge on any atom is 0.158 e. The van der Waals surface area contributed by atoms with E-state index in [1.54, 1.807) is 17.2 Å². The van der Waals surface area contributed by atoms with Crippen LogP contribution in [0, 0.1) is 18.8 Å². The summed E-state index contributed by atoms with van der Waals surface area (Å²) in [5.41, 5.74) is 0.947. The lowest BCUT2D eigenvalue weighted by atomic mass is 10.0. The summed E-state index contributed by atoms with van der Waals surface area (Å²) >= 11 is 0. The van der Waals surface area contributed by atoms with E-state index in [-0.39, 0.29) is 0 Å². The van der Waals surface area contributed by atoms with Gasteiger partial charge in [-0.3, -0.25) is 4.90 Å². The van der Waals surface area contributed by atoms with Crippen LogP contribution in [0.25, 0.3) is 5.82 Å². The first-order valence-corrected chi connectivity index (χ1v) is 8.96. The molecule has 0 radical (unpaired) electrons. The van der Waals surface area contributed by atoms with Crippen LogP contribution < -0.4 is 4.90 Å². The van der Waals surface area contributed by atoms with Crippen molar-refractivity contribution in [2.24, 2.45) is 11.8 Å². The molecule has 0 aliphatic carbocycles. The van der Waals surface area contributed by atoms with Crippen LogP contribution in [-0.4, -0.2) is 56.0 Å². The van der Waals surface area contributed by atoms with Crippen molar-refractivity contribution in [3.8, 4) is 5.82 Å². The first kappa shape index (κ1) is 15.5. The van der Waals surface area contributed by atoms with Crippen LogP contribution in [-0.2, 0) is 6.54 Å². The number of fused-ring (bicyclic) bond motifs is 1. The fourth-order valence-electron chi connectivity index (χ4n) is 4.16. The molecule has 0 N–H and O–H groups in total. The molecule has 2 aliphatic heterocycles. The summed E-state index contributed by atoms with van der Waals surface area (Å²) < 4.78 is 7.13. The molecule has 8 heteroatoms. The van der Waals surface area contributed by atoms with Crippen LogP contribution in [0.1, 0.15) is 11.5 Å². The largest absolute Gasteiger partial charge is 0.360 e. The van der Waals surface area contributed by atoms with Gasteiger partial charge in [0.25, 0.3) is 0 Å². The molecule has 0 amide bonds. The topological polar surface area (TPSA) is 76.1 Å². The Balaban J connectivity index is 1.25. The van der Waals surface area contributed by atoms with Crippen LogP contribution in [0.3, 0.4) is 0 Å². The van der Waals surface area contributed by atoms with Crippen LogP contribution in [0.4, 0.5) is 5.82 Å². The van der Waals surface area contributed by atoms with E-state index >= 15 is 0 Å². The van der Waals surface area contributed by atoms with Crippen molar-refractivity contribution in [2.75, 3.05) is 31.1 Å². The van der Waals surface area contributed by atoms with Gasteiger partial charge in [-0.15, -0.1) is 0 Å². The average molecular weight is 351 g/mol. The van der Waals surface area contributed by atoms with Gasteiger partial charge in [-0.25, -0.2) is 14.6 Å². The first-order chi connectivity index (χ1) is 12.7. The zero-order chi connectivity index (χ0) is 17.5. The van der Waals surface area contributed by atoms with Gasteiger partial charge < -0.3 is 9.42 Å². The lowest BCUT2D eigenvalue weighted by Gasteiger charge is -2.21. The molecule has 5 rings (SSSR count). The number of aryl methyl sites for hydroxylation is 1. The van der Waals surface area contributed by atoms with Gasteiger partial charge in [0.15, 0.2) is 11.6 Å². The van der Waals surface area contributed by atoms with Gasteiger partial charge in [-0.1, -0.05) is 5.16 Å². The summed E-state index contributed by atoms with van der Waals surface area (Å²) in [6.45, 7) is 7.07. The van der Waals surface area contributed by atoms with Gasteiger partial charge in [0.1, 0.15) is 12.1 Å². The number of nitrogens with zero attached hydrogens (tertiary/aromatic N) is 7.